The van der Waals surface area contributed by atoms with Crippen molar-refractivity contribution >= 4 is 33.4 Å². The fourth-order valence-electron chi connectivity index (χ4n) is 2.96. The average molecular weight is 373 g/mol. The number of imidazole rings is 1. The predicted molar refractivity (Wildman–Crippen MR) is 102 cm³/mol. The van der Waals surface area contributed by atoms with Crippen LogP contribution in [0.25, 0.3) is 38.6 Å². The largest absolute Gasteiger partial charge is 0.492 e. The first kappa shape index (κ1) is 15.6. The number of aromatic hydroxyl groups is 1. The molecule has 5 aromatic heterocycles. The molecular formula is C19H11N5O2S. The van der Waals surface area contributed by atoms with E-state index in [1.807, 2.05) is 23.6 Å². The lowest BCUT2D eigenvalue weighted by molar-refractivity contribution is 0.112. The highest BCUT2D eigenvalue weighted by Crippen LogP contribution is 2.37. The molecule has 1 N–H and O–H groups in total. The van der Waals surface area contributed by atoms with Gasteiger partial charge in [-0.3, -0.25) is 14.2 Å². The highest BCUT2D eigenvalue weighted by atomic mass is 32.1. The minimum atomic E-state index is -0.0940. The van der Waals surface area contributed by atoms with E-state index < -0.39 is 0 Å². The van der Waals surface area contributed by atoms with Crippen molar-refractivity contribution in [2.45, 2.75) is 0 Å². The second-order valence-corrected chi connectivity index (χ2v) is 6.75. The van der Waals surface area contributed by atoms with E-state index in [4.69, 9.17) is 0 Å². The van der Waals surface area contributed by atoms with Crippen LogP contribution in [-0.4, -0.2) is 35.7 Å². The molecule has 0 fully saturated rings. The summed E-state index contributed by atoms with van der Waals surface area (Å²) in [5, 5.41) is 12.3. The molecule has 8 heteroatoms. The molecule has 130 valence electrons. The predicted octanol–water partition coefficient (Wildman–Crippen LogP) is 3.59. The highest BCUT2D eigenvalue weighted by Gasteiger charge is 2.18. The van der Waals surface area contributed by atoms with Gasteiger partial charge in [0, 0.05) is 28.9 Å². The van der Waals surface area contributed by atoms with Crippen LogP contribution in [0.3, 0.4) is 0 Å². The smallest absolute Gasteiger partial charge is 0.233 e. The van der Waals surface area contributed by atoms with Crippen molar-refractivity contribution in [1.29, 1.82) is 0 Å². The Morgan fingerprint density at radius 3 is 2.89 bits per heavy atom. The Morgan fingerprint density at radius 1 is 1.15 bits per heavy atom. The summed E-state index contributed by atoms with van der Waals surface area (Å²) in [6, 6.07) is 9.06. The number of hydrogen-bond donors (Lipinski definition) is 1. The zero-order valence-corrected chi connectivity index (χ0v) is 14.6. The van der Waals surface area contributed by atoms with Gasteiger partial charge in [0.15, 0.2) is 11.6 Å². The topological polar surface area (TPSA) is 93.3 Å². The average Bonchev–Trinajstić information content (AvgIpc) is 3.32. The maximum atomic E-state index is 11.0. The van der Waals surface area contributed by atoms with E-state index in [1.165, 1.54) is 11.3 Å². The van der Waals surface area contributed by atoms with E-state index in [0.717, 1.165) is 23.1 Å². The van der Waals surface area contributed by atoms with Crippen LogP contribution in [0.5, 0.6) is 5.88 Å². The Bertz CT molecular complexity index is 1310. The third-order valence-corrected chi connectivity index (χ3v) is 5.20. The summed E-state index contributed by atoms with van der Waals surface area (Å²) < 4.78 is 2.38. The summed E-state index contributed by atoms with van der Waals surface area (Å²) in [7, 11) is 0. The van der Waals surface area contributed by atoms with Gasteiger partial charge in [-0.1, -0.05) is 6.07 Å². The fourth-order valence-corrected chi connectivity index (χ4v) is 3.85. The van der Waals surface area contributed by atoms with Crippen molar-refractivity contribution in [3.8, 4) is 28.8 Å². The Kier molecular flexibility index (Phi) is 3.44. The summed E-state index contributed by atoms with van der Waals surface area (Å²) in [6.45, 7) is 0. The van der Waals surface area contributed by atoms with Crippen molar-refractivity contribution in [3.05, 3.63) is 59.9 Å². The number of fused-ring (bicyclic) bond motifs is 2. The quantitative estimate of drug-likeness (QED) is 0.486. The zero-order chi connectivity index (χ0) is 18.4. The Balaban J connectivity index is 1.74. The van der Waals surface area contributed by atoms with Crippen LogP contribution in [0.1, 0.15) is 10.4 Å². The Hall–Kier alpha value is -3.65. The standard InChI is InChI=1S/C19H11N5O2S/c25-9-11-4-6-24-12(7-11)8-21-18(24)17-22-15-13(14-3-1-2-5-20-14)10-27-16(15)19(26)23-17/h1-10H,(H,22,23,26). The zero-order valence-electron chi connectivity index (χ0n) is 13.8. The second-order valence-electron chi connectivity index (χ2n) is 5.87. The van der Waals surface area contributed by atoms with Gasteiger partial charge in [-0.2, -0.15) is 4.98 Å². The summed E-state index contributed by atoms with van der Waals surface area (Å²) in [4.78, 5) is 28.6. The van der Waals surface area contributed by atoms with Crippen molar-refractivity contribution < 1.29 is 9.90 Å². The Labute approximate surface area is 156 Å². The normalized spacial score (nSPS) is 11.3. The number of rotatable bonds is 3. The van der Waals surface area contributed by atoms with Crippen LogP contribution in [-0.2, 0) is 0 Å². The molecule has 0 aliphatic carbocycles. The highest BCUT2D eigenvalue weighted by molar-refractivity contribution is 7.18. The van der Waals surface area contributed by atoms with Crippen molar-refractivity contribution in [1.82, 2.24) is 24.3 Å². The van der Waals surface area contributed by atoms with Gasteiger partial charge in [-0.05, 0) is 24.3 Å². The molecule has 27 heavy (non-hydrogen) atoms. The van der Waals surface area contributed by atoms with Crippen LogP contribution < -0.4 is 0 Å². The van der Waals surface area contributed by atoms with Crippen LogP contribution in [0.15, 0.2) is 54.3 Å². The first-order valence-corrected chi connectivity index (χ1v) is 8.95. The van der Waals surface area contributed by atoms with Crippen molar-refractivity contribution in [2.75, 3.05) is 0 Å². The summed E-state index contributed by atoms with van der Waals surface area (Å²) in [5.74, 6) is 0.690. The summed E-state index contributed by atoms with van der Waals surface area (Å²) in [5.41, 5.74) is 3.54. The molecule has 5 aromatic rings. The van der Waals surface area contributed by atoms with Gasteiger partial charge in [0.25, 0.3) is 0 Å². The monoisotopic (exact) mass is 373 g/mol. The molecular weight excluding hydrogens is 362 g/mol. The first-order valence-electron chi connectivity index (χ1n) is 8.07. The second kappa shape index (κ2) is 5.96. The van der Waals surface area contributed by atoms with Crippen molar-refractivity contribution in [2.24, 2.45) is 0 Å². The number of pyridine rings is 2. The SMILES string of the molecule is O=Cc1ccn2c(-c3nc(O)c4scc(-c5ccccn5)c4n3)ncc2c1. The molecule has 0 aliphatic heterocycles. The Morgan fingerprint density at radius 2 is 2.07 bits per heavy atom. The molecule has 0 bridgehead atoms. The van der Waals surface area contributed by atoms with Gasteiger partial charge in [-0.15, -0.1) is 11.3 Å². The van der Waals surface area contributed by atoms with Crippen LogP contribution >= 0.6 is 11.3 Å². The first-order chi connectivity index (χ1) is 13.2. The molecule has 0 aliphatic rings. The summed E-state index contributed by atoms with van der Waals surface area (Å²) in [6.07, 6.45) is 5.87. The lowest BCUT2D eigenvalue weighted by Gasteiger charge is -2.04. The molecule has 7 nitrogen and oxygen atoms in total. The molecule has 0 unspecified atom stereocenters. The molecule has 0 atom stereocenters. The molecule has 0 radical (unpaired) electrons. The van der Waals surface area contributed by atoms with E-state index in [9.17, 15) is 9.90 Å². The van der Waals surface area contributed by atoms with Crippen LogP contribution in [0.4, 0.5) is 0 Å². The van der Waals surface area contributed by atoms with E-state index in [0.29, 0.717) is 27.4 Å². The molecule has 0 aromatic carbocycles. The maximum Gasteiger partial charge on any atom is 0.233 e. The third-order valence-electron chi connectivity index (χ3n) is 4.23. The van der Waals surface area contributed by atoms with E-state index in [-0.39, 0.29) is 5.88 Å². The molecule has 5 rings (SSSR count). The number of nitrogens with zero attached hydrogens (tertiary/aromatic N) is 5. The fraction of sp³-hybridized carbons (Fsp3) is 0. The maximum absolute atomic E-state index is 11.0. The number of thiophene rings is 1. The molecule has 0 amide bonds. The van der Waals surface area contributed by atoms with Gasteiger partial charge < -0.3 is 5.11 Å². The van der Waals surface area contributed by atoms with Gasteiger partial charge in [0.2, 0.25) is 5.88 Å². The molecule has 5 heterocycles. The van der Waals surface area contributed by atoms with Gasteiger partial charge in [0.05, 0.1) is 22.9 Å². The number of aromatic nitrogens is 5. The molecule has 0 spiro atoms. The van der Waals surface area contributed by atoms with E-state index in [2.05, 4.69) is 19.9 Å². The minimum Gasteiger partial charge on any atom is -0.492 e. The number of hydrogen-bond acceptors (Lipinski definition) is 7. The number of carbonyl (C=O) groups excluding carboxylic acids is 1. The van der Waals surface area contributed by atoms with Gasteiger partial charge in [0.1, 0.15) is 11.0 Å². The molecule has 0 saturated carbocycles. The van der Waals surface area contributed by atoms with Crippen LogP contribution in [0, 0.1) is 0 Å². The summed E-state index contributed by atoms with van der Waals surface area (Å²) >= 11 is 1.37. The third kappa shape index (κ3) is 2.46. The van der Waals surface area contributed by atoms with E-state index >= 15 is 0 Å². The van der Waals surface area contributed by atoms with Gasteiger partial charge in [-0.25, -0.2) is 9.97 Å². The lowest BCUT2D eigenvalue weighted by atomic mass is 10.2. The lowest BCUT2D eigenvalue weighted by Crippen LogP contribution is -1.96. The van der Waals surface area contributed by atoms with Crippen molar-refractivity contribution in [3.63, 3.8) is 0 Å². The number of aldehydes is 1. The molecule has 0 saturated heterocycles. The minimum absolute atomic E-state index is 0.0940. The number of carbonyl (C=O) groups is 1. The van der Waals surface area contributed by atoms with Gasteiger partial charge >= 0.3 is 0 Å². The van der Waals surface area contributed by atoms with E-state index in [1.54, 1.807) is 35.1 Å². The van der Waals surface area contributed by atoms with Crippen LogP contribution in [0.2, 0.25) is 0 Å².